The first-order valence-corrected chi connectivity index (χ1v) is 5.21. The van der Waals surface area contributed by atoms with E-state index >= 15 is 0 Å². The zero-order chi connectivity index (χ0) is 12.1. The van der Waals surface area contributed by atoms with Gasteiger partial charge >= 0.3 is 5.97 Å². The Kier molecular flexibility index (Phi) is 6.03. The van der Waals surface area contributed by atoms with Crippen LogP contribution in [0.15, 0.2) is 24.3 Å². The molecule has 84 valence electrons. The van der Waals surface area contributed by atoms with E-state index in [1.165, 1.54) is 11.1 Å². The number of benzene rings is 1. The summed E-state index contributed by atoms with van der Waals surface area (Å²) in [5.41, 5.74) is 2.74. The molecule has 0 heterocycles. The fourth-order valence-electron chi connectivity index (χ4n) is 0.663. The Bertz CT molecular complexity index is 311. The van der Waals surface area contributed by atoms with Gasteiger partial charge in [-0.05, 0) is 25.0 Å². The summed E-state index contributed by atoms with van der Waals surface area (Å²) >= 11 is 14.4. The van der Waals surface area contributed by atoms with E-state index in [1.54, 1.807) is 0 Å². The number of hydrogen-bond acceptors (Lipinski definition) is 1. The van der Waals surface area contributed by atoms with Gasteiger partial charge < -0.3 is 5.11 Å². The lowest BCUT2D eigenvalue weighted by Gasteiger charge is -1.99. The van der Waals surface area contributed by atoms with E-state index in [9.17, 15) is 4.79 Å². The third kappa shape index (κ3) is 6.61. The minimum Gasteiger partial charge on any atom is -0.478 e. The molecule has 0 aromatic heterocycles. The minimum atomic E-state index is -2.17. The van der Waals surface area contributed by atoms with Gasteiger partial charge in [0.1, 0.15) is 0 Å². The van der Waals surface area contributed by atoms with Crippen molar-refractivity contribution < 1.29 is 9.90 Å². The summed E-state index contributed by atoms with van der Waals surface area (Å²) in [7, 11) is 0. The second kappa shape index (κ2) is 6.21. The number of aliphatic carboxylic acids is 1. The topological polar surface area (TPSA) is 37.3 Å². The summed E-state index contributed by atoms with van der Waals surface area (Å²) in [5.74, 6) is -1.46. The van der Waals surface area contributed by atoms with Crippen molar-refractivity contribution in [2.24, 2.45) is 0 Å². The van der Waals surface area contributed by atoms with Crippen LogP contribution >= 0.6 is 34.8 Å². The van der Waals surface area contributed by atoms with Crippen LogP contribution in [0.2, 0.25) is 0 Å². The monoisotopic (exact) mass is 268 g/mol. The predicted molar refractivity (Wildman–Crippen MR) is 63.8 cm³/mol. The van der Waals surface area contributed by atoms with Crippen molar-refractivity contribution in [1.82, 2.24) is 0 Å². The Balaban J connectivity index is 0.000000265. The molecule has 2 nitrogen and oxygen atoms in total. The number of aryl methyl sites for hydroxylation is 2. The highest BCUT2D eigenvalue weighted by Crippen LogP contribution is 2.25. The number of carbonyl (C=O) groups is 1. The van der Waals surface area contributed by atoms with Gasteiger partial charge in [0.25, 0.3) is 3.79 Å². The standard InChI is InChI=1S/C8H10.C2HCl3O2/c1-7-5-3-4-6-8(7)2;3-2(4,5)1(6)7/h3-6H,1-2H3;(H,6,7). The van der Waals surface area contributed by atoms with E-state index in [2.05, 4.69) is 38.1 Å². The Labute approximate surface area is 104 Å². The van der Waals surface area contributed by atoms with Crippen molar-refractivity contribution in [3.63, 3.8) is 0 Å². The average Bonchev–Trinajstić information content (AvgIpc) is 2.09. The molecule has 1 rings (SSSR count). The summed E-state index contributed by atoms with van der Waals surface area (Å²) in [6, 6.07) is 8.36. The van der Waals surface area contributed by atoms with Crippen LogP contribution in [0.1, 0.15) is 11.1 Å². The van der Waals surface area contributed by atoms with Crippen molar-refractivity contribution in [3.05, 3.63) is 35.4 Å². The van der Waals surface area contributed by atoms with Crippen LogP contribution in [-0.2, 0) is 4.79 Å². The van der Waals surface area contributed by atoms with E-state index in [0.717, 1.165) is 0 Å². The number of alkyl halides is 3. The molecule has 0 saturated heterocycles. The first-order chi connectivity index (χ1) is 6.75. The second-order valence-electron chi connectivity index (χ2n) is 2.89. The van der Waals surface area contributed by atoms with E-state index in [-0.39, 0.29) is 0 Å². The molecule has 0 fully saturated rings. The van der Waals surface area contributed by atoms with Gasteiger partial charge in [-0.3, -0.25) is 0 Å². The van der Waals surface area contributed by atoms with Crippen LogP contribution in [0.25, 0.3) is 0 Å². The highest BCUT2D eigenvalue weighted by molar-refractivity contribution is 6.75. The number of rotatable bonds is 0. The molecule has 5 heteroatoms. The number of carboxylic acid groups (broad SMARTS) is 1. The summed E-state index contributed by atoms with van der Waals surface area (Å²) < 4.78 is -2.17. The molecule has 15 heavy (non-hydrogen) atoms. The lowest BCUT2D eigenvalue weighted by molar-refractivity contribution is -0.135. The molecule has 0 radical (unpaired) electrons. The molecule has 1 aromatic rings. The summed E-state index contributed by atoms with van der Waals surface area (Å²) in [5, 5.41) is 7.85. The van der Waals surface area contributed by atoms with Crippen LogP contribution in [0.4, 0.5) is 0 Å². The Hall–Kier alpha value is -0.440. The third-order valence-electron chi connectivity index (χ3n) is 1.67. The van der Waals surface area contributed by atoms with E-state index in [4.69, 9.17) is 39.9 Å². The maximum atomic E-state index is 9.62. The highest BCUT2D eigenvalue weighted by Gasteiger charge is 2.29. The van der Waals surface area contributed by atoms with E-state index in [1.807, 2.05) is 0 Å². The summed E-state index contributed by atoms with van der Waals surface area (Å²) in [4.78, 5) is 9.62. The smallest absolute Gasteiger partial charge is 0.356 e. The predicted octanol–water partition coefficient (Wildman–Crippen LogP) is 3.74. The second-order valence-corrected chi connectivity index (χ2v) is 5.17. The number of halogens is 3. The molecule has 0 atom stereocenters. The fourth-order valence-corrected chi connectivity index (χ4v) is 0.663. The maximum Gasteiger partial charge on any atom is 0.356 e. The Morgan fingerprint density at radius 3 is 1.53 bits per heavy atom. The Morgan fingerprint density at radius 2 is 1.40 bits per heavy atom. The van der Waals surface area contributed by atoms with Gasteiger partial charge in [-0.2, -0.15) is 0 Å². The van der Waals surface area contributed by atoms with Gasteiger partial charge in [-0.1, -0.05) is 59.1 Å². The summed E-state index contributed by atoms with van der Waals surface area (Å²) in [6.45, 7) is 4.24. The van der Waals surface area contributed by atoms with Gasteiger partial charge in [0, 0.05) is 0 Å². The molecule has 0 amide bonds. The SMILES string of the molecule is Cc1ccccc1C.O=C(O)C(Cl)(Cl)Cl. The number of carboxylic acids is 1. The van der Waals surface area contributed by atoms with Gasteiger partial charge in [0.15, 0.2) is 0 Å². The van der Waals surface area contributed by atoms with Gasteiger partial charge in [-0.25, -0.2) is 4.79 Å². The van der Waals surface area contributed by atoms with Crippen molar-refractivity contribution in [2.75, 3.05) is 0 Å². The molecule has 0 spiro atoms. The van der Waals surface area contributed by atoms with Gasteiger partial charge in [0.05, 0.1) is 0 Å². The van der Waals surface area contributed by atoms with Crippen LogP contribution in [0.3, 0.4) is 0 Å². The normalized spacial score (nSPS) is 10.2. The van der Waals surface area contributed by atoms with Gasteiger partial charge in [0.2, 0.25) is 0 Å². The molecule has 0 aliphatic rings. The number of hydrogen-bond donors (Lipinski definition) is 1. The van der Waals surface area contributed by atoms with Gasteiger partial charge in [-0.15, -0.1) is 0 Å². The quantitative estimate of drug-likeness (QED) is 0.728. The van der Waals surface area contributed by atoms with Crippen molar-refractivity contribution in [2.45, 2.75) is 17.6 Å². The maximum absolute atomic E-state index is 9.62. The lowest BCUT2D eigenvalue weighted by atomic mass is 10.1. The third-order valence-corrected chi connectivity index (χ3v) is 2.15. The molecule has 0 unspecified atom stereocenters. The molecule has 0 bridgehead atoms. The molecule has 1 N–H and O–H groups in total. The largest absolute Gasteiger partial charge is 0.478 e. The molecular formula is C10H11Cl3O2. The summed E-state index contributed by atoms with van der Waals surface area (Å²) in [6.07, 6.45) is 0. The molecule has 0 aliphatic carbocycles. The van der Waals surface area contributed by atoms with Crippen molar-refractivity contribution >= 4 is 40.8 Å². The average molecular weight is 270 g/mol. The van der Waals surface area contributed by atoms with Crippen LogP contribution < -0.4 is 0 Å². The zero-order valence-corrected chi connectivity index (χ0v) is 10.6. The minimum absolute atomic E-state index is 1.37. The van der Waals surface area contributed by atoms with Crippen LogP contribution in [0.5, 0.6) is 0 Å². The first-order valence-electron chi connectivity index (χ1n) is 4.07. The molecule has 1 aromatic carbocycles. The highest BCUT2D eigenvalue weighted by atomic mass is 35.6. The lowest BCUT2D eigenvalue weighted by Crippen LogP contribution is -2.16. The van der Waals surface area contributed by atoms with Crippen LogP contribution in [-0.4, -0.2) is 14.9 Å². The van der Waals surface area contributed by atoms with E-state index in [0.29, 0.717) is 0 Å². The molecule has 0 saturated carbocycles. The fraction of sp³-hybridized carbons (Fsp3) is 0.300. The molecular weight excluding hydrogens is 258 g/mol. The first kappa shape index (κ1) is 14.6. The zero-order valence-electron chi connectivity index (χ0n) is 8.30. The Morgan fingerprint density at radius 1 is 1.13 bits per heavy atom. The van der Waals surface area contributed by atoms with Crippen molar-refractivity contribution in [1.29, 1.82) is 0 Å². The van der Waals surface area contributed by atoms with E-state index < -0.39 is 9.76 Å². The van der Waals surface area contributed by atoms with Crippen molar-refractivity contribution in [3.8, 4) is 0 Å². The molecule has 0 aliphatic heterocycles. The van der Waals surface area contributed by atoms with Crippen LogP contribution in [0, 0.1) is 13.8 Å².